The number of amides is 2. The number of imidazole rings is 1. The van der Waals surface area contributed by atoms with E-state index in [-0.39, 0.29) is 29.3 Å². The van der Waals surface area contributed by atoms with E-state index >= 15 is 0 Å². The van der Waals surface area contributed by atoms with Crippen molar-refractivity contribution >= 4 is 28.8 Å². The number of rotatable bonds is 5. The van der Waals surface area contributed by atoms with Gasteiger partial charge in [0.25, 0.3) is 11.8 Å². The molecule has 7 heteroatoms. The summed E-state index contributed by atoms with van der Waals surface area (Å²) in [4.78, 5) is 41.0. The predicted octanol–water partition coefficient (Wildman–Crippen LogP) is 2.93. The highest BCUT2D eigenvalue weighted by atomic mass is 16.2. The first kappa shape index (κ1) is 18.3. The second-order valence-corrected chi connectivity index (χ2v) is 6.46. The topological polar surface area (TPSA) is 92.6 Å². The average molecular weight is 364 g/mol. The first-order valence-corrected chi connectivity index (χ1v) is 8.57. The first-order valence-electron chi connectivity index (χ1n) is 8.57. The molecule has 0 aliphatic carbocycles. The highest BCUT2D eigenvalue weighted by molar-refractivity contribution is 6.06. The lowest BCUT2D eigenvalue weighted by Gasteiger charge is -2.06. The molecule has 2 amide bonds. The maximum atomic E-state index is 12.8. The second kappa shape index (κ2) is 7.41. The summed E-state index contributed by atoms with van der Waals surface area (Å²) in [6.45, 7) is 5.17. The Morgan fingerprint density at radius 1 is 1.04 bits per heavy atom. The number of hydrogen-bond donors (Lipinski definition) is 2. The minimum Gasteiger partial charge on any atom is -0.348 e. The zero-order valence-corrected chi connectivity index (χ0v) is 15.3. The predicted molar refractivity (Wildman–Crippen MR) is 102 cm³/mol. The molecule has 2 N–H and O–H groups in total. The molecular weight excluding hydrogens is 344 g/mol. The van der Waals surface area contributed by atoms with Crippen LogP contribution in [0.2, 0.25) is 0 Å². The summed E-state index contributed by atoms with van der Waals surface area (Å²) in [5.74, 6) is -0.815. The molecule has 3 aromatic rings. The van der Waals surface area contributed by atoms with Crippen molar-refractivity contribution in [3.63, 3.8) is 0 Å². The maximum Gasteiger partial charge on any atom is 0.292 e. The lowest BCUT2D eigenvalue weighted by molar-refractivity contribution is 0.0939. The van der Waals surface area contributed by atoms with Crippen molar-refractivity contribution < 1.29 is 14.4 Å². The number of carbonyl (C=O) groups excluding carboxylic acids is 3. The molecule has 7 nitrogen and oxygen atoms in total. The fourth-order valence-electron chi connectivity index (χ4n) is 2.70. The van der Waals surface area contributed by atoms with Crippen LogP contribution in [0.25, 0.3) is 5.52 Å². The summed E-state index contributed by atoms with van der Waals surface area (Å²) >= 11 is 0. The number of fused-ring (bicyclic) bond motifs is 1. The molecule has 0 bridgehead atoms. The summed E-state index contributed by atoms with van der Waals surface area (Å²) in [5.41, 5.74) is 1.71. The van der Waals surface area contributed by atoms with E-state index in [1.54, 1.807) is 53.1 Å². The molecule has 0 radical (unpaired) electrons. The van der Waals surface area contributed by atoms with Crippen LogP contribution in [0, 0.1) is 0 Å². The van der Waals surface area contributed by atoms with Gasteiger partial charge >= 0.3 is 0 Å². The van der Waals surface area contributed by atoms with Crippen LogP contribution in [0.4, 0.5) is 5.69 Å². The van der Waals surface area contributed by atoms with Gasteiger partial charge in [-0.15, -0.1) is 0 Å². The summed E-state index contributed by atoms with van der Waals surface area (Å²) in [6, 6.07) is 11.9. The average Bonchev–Trinajstić information content (AvgIpc) is 3.01. The van der Waals surface area contributed by atoms with Gasteiger partial charge in [-0.2, -0.15) is 0 Å². The van der Waals surface area contributed by atoms with Crippen molar-refractivity contribution in [1.82, 2.24) is 14.7 Å². The van der Waals surface area contributed by atoms with Gasteiger partial charge in [0, 0.05) is 23.5 Å². The maximum absolute atomic E-state index is 12.8. The van der Waals surface area contributed by atoms with Gasteiger partial charge in [-0.3, -0.25) is 18.8 Å². The number of pyridine rings is 1. The van der Waals surface area contributed by atoms with E-state index in [4.69, 9.17) is 0 Å². The molecule has 1 aromatic carbocycles. The number of nitrogens with zero attached hydrogens (tertiary/aromatic N) is 2. The number of anilines is 1. The minimum absolute atomic E-state index is 0.0513. The third kappa shape index (κ3) is 3.87. The number of aromatic nitrogens is 2. The van der Waals surface area contributed by atoms with Crippen LogP contribution < -0.4 is 10.6 Å². The summed E-state index contributed by atoms with van der Waals surface area (Å²) < 4.78 is 1.57. The van der Waals surface area contributed by atoms with E-state index < -0.39 is 5.91 Å². The molecule has 0 saturated carbocycles. The van der Waals surface area contributed by atoms with Crippen molar-refractivity contribution in [3.8, 4) is 0 Å². The zero-order valence-electron chi connectivity index (χ0n) is 15.3. The quantitative estimate of drug-likeness (QED) is 0.681. The lowest BCUT2D eigenvalue weighted by atomic mass is 10.1. The number of benzene rings is 1. The van der Waals surface area contributed by atoms with E-state index in [1.807, 2.05) is 13.8 Å². The van der Waals surface area contributed by atoms with Crippen molar-refractivity contribution in [3.05, 3.63) is 65.7 Å². The van der Waals surface area contributed by atoms with E-state index in [9.17, 15) is 14.4 Å². The van der Waals surface area contributed by atoms with E-state index in [0.717, 1.165) is 0 Å². The number of nitrogens with one attached hydrogen (secondary N) is 2. The Bertz CT molecular complexity index is 1040. The van der Waals surface area contributed by atoms with Gasteiger partial charge in [0.2, 0.25) is 5.82 Å². The Labute approximate surface area is 156 Å². The molecule has 138 valence electrons. The smallest absolute Gasteiger partial charge is 0.292 e. The standard InChI is InChI=1S/C20H20N4O3/c1-12(2)21-19(26)17-16-9-4-5-10-24(16)18(23-17)20(27)22-15-8-6-7-14(11-15)13(3)25/h4-12H,1-3H3,(H,21,26)(H,22,27). The Hall–Kier alpha value is -3.48. The molecule has 0 fully saturated rings. The largest absolute Gasteiger partial charge is 0.348 e. The van der Waals surface area contributed by atoms with Crippen LogP contribution >= 0.6 is 0 Å². The van der Waals surface area contributed by atoms with Gasteiger partial charge in [0.1, 0.15) is 0 Å². The molecule has 3 rings (SSSR count). The van der Waals surface area contributed by atoms with Crippen LogP contribution in [-0.2, 0) is 0 Å². The number of hydrogen-bond acceptors (Lipinski definition) is 4. The van der Waals surface area contributed by atoms with E-state index in [0.29, 0.717) is 16.8 Å². The molecular formula is C20H20N4O3. The van der Waals surface area contributed by atoms with Gasteiger partial charge in [-0.25, -0.2) is 4.98 Å². The molecule has 0 aliphatic rings. The van der Waals surface area contributed by atoms with Crippen molar-refractivity contribution in [2.24, 2.45) is 0 Å². The van der Waals surface area contributed by atoms with Crippen LogP contribution in [0.5, 0.6) is 0 Å². The normalized spacial score (nSPS) is 10.8. The summed E-state index contributed by atoms with van der Waals surface area (Å²) in [6.07, 6.45) is 1.68. The minimum atomic E-state index is -0.472. The fraction of sp³-hybridized carbons (Fsp3) is 0.200. The molecule has 0 saturated heterocycles. The Morgan fingerprint density at radius 3 is 2.52 bits per heavy atom. The fourth-order valence-corrected chi connectivity index (χ4v) is 2.70. The van der Waals surface area contributed by atoms with Gasteiger partial charge in [0.15, 0.2) is 11.5 Å². The van der Waals surface area contributed by atoms with Crippen molar-refractivity contribution in [2.75, 3.05) is 5.32 Å². The third-order valence-electron chi connectivity index (χ3n) is 3.91. The van der Waals surface area contributed by atoms with Gasteiger partial charge in [-0.05, 0) is 45.0 Å². The van der Waals surface area contributed by atoms with Crippen LogP contribution in [0.3, 0.4) is 0 Å². The van der Waals surface area contributed by atoms with Gasteiger partial charge in [0.05, 0.1) is 5.52 Å². The van der Waals surface area contributed by atoms with E-state index in [1.165, 1.54) is 6.92 Å². The molecule has 2 heterocycles. The molecule has 2 aromatic heterocycles. The van der Waals surface area contributed by atoms with Crippen LogP contribution in [0.15, 0.2) is 48.7 Å². The SMILES string of the molecule is CC(=O)c1cccc(NC(=O)c2nc(C(=O)NC(C)C)c3ccccn23)c1. The van der Waals surface area contributed by atoms with Gasteiger partial charge < -0.3 is 10.6 Å². The third-order valence-corrected chi connectivity index (χ3v) is 3.91. The molecule has 27 heavy (non-hydrogen) atoms. The van der Waals surface area contributed by atoms with E-state index in [2.05, 4.69) is 15.6 Å². The lowest BCUT2D eigenvalue weighted by Crippen LogP contribution is -2.30. The summed E-state index contributed by atoms with van der Waals surface area (Å²) in [7, 11) is 0. The Kier molecular flexibility index (Phi) is 5.03. The summed E-state index contributed by atoms with van der Waals surface area (Å²) in [5, 5.41) is 5.52. The molecule has 0 aliphatic heterocycles. The number of ketones is 1. The molecule has 0 atom stereocenters. The van der Waals surface area contributed by atoms with Crippen molar-refractivity contribution in [1.29, 1.82) is 0 Å². The van der Waals surface area contributed by atoms with Crippen LogP contribution in [-0.4, -0.2) is 33.0 Å². The highest BCUT2D eigenvalue weighted by Crippen LogP contribution is 2.16. The van der Waals surface area contributed by atoms with Crippen LogP contribution in [0.1, 0.15) is 52.2 Å². The number of Topliss-reactive ketones (excluding diaryl/α,β-unsaturated/α-hetero) is 1. The zero-order chi connectivity index (χ0) is 19.6. The van der Waals surface area contributed by atoms with Gasteiger partial charge in [-0.1, -0.05) is 18.2 Å². The molecule has 0 unspecified atom stereocenters. The first-order chi connectivity index (χ1) is 12.9. The monoisotopic (exact) mass is 364 g/mol. The second-order valence-electron chi connectivity index (χ2n) is 6.46. The Morgan fingerprint density at radius 2 is 1.81 bits per heavy atom. The Balaban J connectivity index is 1.96. The highest BCUT2D eigenvalue weighted by Gasteiger charge is 2.22. The number of carbonyl (C=O) groups is 3. The van der Waals surface area contributed by atoms with Crippen molar-refractivity contribution in [2.45, 2.75) is 26.8 Å². The molecule has 0 spiro atoms.